The van der Waals surface area contributed by atoms with E-state index in [1.54, 1.807) is 5.56 Å². The minimum atomic E-state index is 0.0198. The van der Waals surface area contributed by atoms with E-state index < -0.39 is 0 Å². The minimum absolute atomic E-state index is 0.0198. The van der Waals surface area contributed by atoms with Crippen molar-refractivity contribution in [3.8, 4) is 0 Å². The van der Waals surface area contributed by atoms with E-state index in [1.807, 2.05) is 20.8 Å². The summed E-state index contributed by atoms with van der Waals surface area (Å²) in [5.41, 5.74) is 8.68. The fourth-order valence-corrected chi connectivity index (χ4v) is 6.48. The maximum atomic E-state index is 14.9. The highest BCUT2D eigenvalue weighted by molar-refractivity contribution is 5.44. The molecule has 0 nitrogen and oxygen atoms in total. The summed E-state index contributed by atoms with van der Waals surface area (Å²) in [6, 6.07) is 9.36. The molecule has 1 heteroatoms. The molecule has 1 aliphatic rings. The summed E-state index contributed by atoms with van der Waals surface area (Å²) in [5, 5.41) is 0. The van der Waals surface area contributed by atoms with Crippen LogP contribution in [0.4, 0.5) is 4.39 Å². The van der Waals surface area contributed by atoms with E-state index in [4.69, 9.17) is 0 Å². The molecule has 2 aromatic carbocycles. The van der Waals surface area contributed by atoms with Crippen molar-refractivity contribution < 1.29 is 4.39 Å². The van der Waals surface area contributed by atoms with Crippen LogP contribution in [0.5, 0.6) is 0 Å². The summed E-state index contributed by atoms with van der Waals surface area (Å²) in [5.74, 6) is 1.32. The molecular formula is C40H65F. The number of aryl methyl sites for hydroxylation is 3. The number of hydrogen-bond acceptors (Lipinski definition) is 0. The van der Waals surface area contributed by atoms with Crippen molar-refractivity contribution in [2.24, 2.45) is 5.92 Å². The van der Waals surface area contributed by atoms with Crippen molar-refractivity contribution in [2.75, 3.05) is 0 Å². The molecule has 1 aliphatic carbocycles. The quantitative estimate of drug-likeness (QED) is 0.168. The van der Waals surface area contributed by atoms with Crippen LogP contribution >= 0.6 is 0 Å². The predicted octanol–water partition coefficient (Wildman–Crippen LogP) is 13.2. The molecular weight excluding hydrogens is 499 g/mol. The molecule has 0 saturated heterocycles. The Morgan fingerprint density at radius 2 is 1.51 bits per heavy atom. The Hall–Kier alpha value is -1.89. The molecule has 0 aliphatic heterocycles. The lowest BCUT2D eigenvalue weighted by molar-refractivity contribution is 0.331. The standard InChI is InChI=1S/C21H31F.C17H28.C2H6/c1-6-17(16-11-9-8-10-12-16)20-13-19(14(3)4)15(5)21(22)18(20)7-2;1-4-6-8-9-10-16-12-13-17(11-7-5-2)15(3)14-16;1-2/h6,13-14,16-17H,1,7-12H2,2-5H3;12-14H,4-11H2,1-3H3;1-2H3. The van der Waals surface area contributed by atoms with Gasteiger partial charge in [0.05, 0.1) is 0 Å². The first kappa shape index (κ1) is 37.1. The van der Waals surface area contributed by atoms with E-state index in [0.29, 0.717) is 17.8 Å². The van der Waals surface area contributed by atoms with Gasteiger partial charge in [0.1, 0.15) is 5.82 Å². The molecule has 0 bridgehead atoms. The molecule has 0 spiro atoms. The van der Waals surface area contributed by atoms with E-state index in [-0.39, 0.29) is 5.82 Å². The normalized spacial score (nSPS) is 14.1. The average molecular weight is 565 g/mol. The van der Waals surface area contributed by atoms with Gasteiger partial charge in [0, 0.05) is 5.92 Å². The molecule has 1 atom stereocenters. The Labute approximate surface area is 255 Å². The van der Waals surface area contributed by atoms with Gasteiger partial charge in [-0.05, 0) is 110 Å². The summed E-state index contributed by atoms with van der Waals surface area (Å²) in [7, 11) is 0. The van der Waals surface area contributed by atoms with E-state index in [1.165, 1.54) is 100 Å². The average Bonchev–Trinajstić information content (AvgIpc) is 2.99. The fourth-order valence-electron chi connectivity index (χ4n) is 6.48. The van der Waals surface area contributed by atoms with Gasteiger partial charge in [-0.25, -0.2) is 4.39 Å². The number of benzene rings is 2. The first-order chi connectivity index (χ1) is 19.8. The van der Waals surface area contributed by atoms with Crippen LogP contribution in [-0.4, -0.2) is 0 Å². The minimum Gasteiger partial charge on any atom is -0.206 e. The molecule has 1 saturated carbocycles. The number of unbranched alkanes of at least 4 members (excludes halogenated alkanes) is 4. The molecule has 3 rings (SSSR count). The van der Waals surface area contributed by atoms with Crippen LogP contribution in [0, 0.1) is 25.6 Å². The Kier molecular flexibility index (Phi) is 18.9. The van der Waals surface area contributed by atoms with Gasteiger partial charge in [-0.15, -0.1) is 6.58 Å². The van der Waals surface area contributed by atoms with E-state index in [2.05, 4.69) is 78.5 Å². The van der Waals surface area contributed by atoms with Crippen LogP contribution in [-0.2, 0) is 19.3 Å². The summed E-state index contributed by atoms with van der Waals surface area (Å²) in [6.07, 6.45) is 19.9. The molecule has 0 heterocycles. The molecule has 0 N–H and O–H groups in total. The number of halogens is 1. The van der Waals surface area contributed by atoms with Crippen LogP contribution in [0.25, 0.3) is 0 Å². The maximum absolute atomic E-state index is 14.9. The van der Waals surface area contributed by atoms with Crippen molar-refractivity contribution >= 4 is 0 Å². The topological polar surface area (TPSA) is 0 Å². The zero-order chi connectivity index (χ0) is 30.8. The van der Waals surface area contributed by atoms with Crippen LogP contribution in [0.2, 0.25) is 0 Å². The smallest absolute Gasteiger partial charge is 0.129 e. The molecule has 1 fully saturated rings. The van der Waals surface area contributed by atoms with Gasteiger partial charge in [0.15, 0.2) is 0 Å². The highest BCUT2D eigenvalue weighted by Crippen LogP contribution is 2.40. The second-order valence-corrected chi connectivity index (χ2v) is 12.3. The molecule has 232 valence electrons. The van der Waals surface area contributed by atoms with Gasteiger partial charge in [0.25, 0.3) is 0 Å². The molecule has 2 aromatic rings. The lowest BCUT2D eigenvalue weighted by Gasteiger charge is -2.31. The van der Waals surface area contributed by atoms with Crippen LogP contribution in [0.3, 0.4) is 0 Å². The molecule has 0 aromatic heterocycles. The first-order valence-corrected chi connectivity index (χ1v) is 17.3. The zero-order valence-electron chi connectivity index (χ0n) is 28.6. The van der Waals surface area contributed by atoms with Gasteiger partial charge >= 0.3 is 0 Å². The Morgan fingerprint density at radius 1 is 0.854 bits per heavy atom. The summed E-state index contributed by atoms with van der Waals surface area (Å²) >= 11 is 0. The van der Waals surface area contributed by atoms with Crippen LogP contribution in [0.15, 0.2) is 36.9 Å². The van der Waals surface area contributed by atoms with Crippen molar-refractivity contribution in [1.82, 2.24) is 0 Å². The lowest BCUT2D eigenvalue weighted by atomic mass is 9.74. The fraction of sp³-hybridized carbons (Fsp3) is 0.650. The van der Waals surface area contributed by atoms with Gasteiger partial charge in [0.2, 0.25) is 0 Å². The maximum Gasteiger partial charge on any atom is 0.129 e. The summed E-state index contributed by atoms with van der Waals surface area (Å²) < 4.78 is 14.9. The van der Waals surface area contributed by atoms with Crippen molar-refractivity contribution in [3.63, 3.8) is 0 Å². The molecule has 41 heavy (non-hydrogen) atoms. The van der Waals surface area contributed by atoms with Crippen molar-refractivity contribution in [3.05, 3.63) is 81.7 Å². The third-order valence-corrected chi connectivity index (χ3v) is 8.96. The predicted molar refractivity (Wildman–Crippen MR) is 183 cm³/mol. The first-order valence-electron chi connectivity index (χ1n) is 17.3. The zero-order valence-corrected chi connectivity index (χ0v) is 28.6. The van der Waals surface area contributed by atoms with Gasteiger partial charge in [-0.3, -0.25) is 0 Å². The molecule has 1 unspecified atom stereocenters. The number of hydrogen-bond donors (Lipinski definition) is 0. The molecule has 0 amide bonds. The highest BCUT2D eigenvalue weighted by atomic mass is 19.1. The lowest BCUT2D eigenvalue weighted by Crippen LogP contribution is -2.17. The van der Waals surface area contributed by atoms with Gasteiger partial charge in [-0.2, -0.15) is 0 Å². The Bertz CT molecular complexity index is 992. The van der Waals surface area contributed by atoms with Crippen LogP contribution < -0.4 is 0 Å². The number of allylic oxidation sites excluding steroid dienone is 1. The second kappa shape index (κ2) is 20.9. The van der Waals surface area contributed by atoms with Gasteiger partial charge in [-0.1, -0.05) is 124 Å². The second-order valence-electron chi connectivity index (χ2n) is 12.3. The summed E-state index contributed by atoms with van der Waals surface area (Å²) in [4.78, 5) is 0. The van der Waals surface area contributed by atoms with Gasteiger partial charge < -0.3 is 0 Å². The molecule has 0 radical (unpaired) electrons. The van der Waals surface area contributed by atoms with E-state index in [9.17, 15) is 4.39 Å². The van der Waals surface area contributed by atoms with E-state index >= 15 is 0 Å². The van der Waals surface area contributed by atoms with Crippen molar-refractivity contribution in [1.29, 1.82) is 0 Å². The monoisotopic (exact) mass is 565 g/mol. The third-order valence-electron chi connectivity index (χ3n) is 8.96. The highest BCUT2D eigenvalue weighted by Gasteiger charge is 2.27. The SMILES string of the molecule is C=CC(c1cc(C(C)C)c(C)c(F)c1CC)C1CCCCC1.CC.CCCCCCc1ccc(CCCC)c(C)c1. The van der Waals surface area contributed by atoms with Crippen molar-refractivity contribution in [2.45, 2.75) is 164 Å². The Morgan fingerprint density at radius 3 is 2.05 bits per heavy atom. The number of rotatable bonds is 13. The summed E-state index contributed by atoms with van der Waals surface area (Å²) in [6.45, 7) is 23.2. The largest absolute Gasteiger partial charge is 0.206 e. The van der Waals surface area contributed by atoms with E-state index in [0.717, 1.165) is 23.1 Å². The Balaban J connectivity index is 0.000000399. The van der Waals surface area contributed by atoms with Crippen LogP contribution in [0.1, 0.15) is 170 Å². The third kappa shape index (κ3) is 11.7.